The van der Waals surface area contributed by atoms with Gasteiger partial charge in [-0.1, -0.05) is 43.6 Å². The molecule has 0 amide bonds. The topological polar surface area (TPSA) is 33.7 Å². The molecule has 2 rings (SSSR count). The number of halogens is 1. The molecule has 0 spiro atoms. The predicted molar refractivity (Wildman–Crippen MR) is 118 cm³/mol. The molecule has 0 aliphatic heterocycles. The maximum absolute atomic E-state index is 5.97. The Bertz CT molecular complexity index is 688. The van der Waals surface area contributed by atoms with Crippen LogP contribution in [-0.2, 0) is 13.2 Å². The first kappa shape index (κ1) is 22.5. The van der Waals surface area contributed by atoms with Crippen LogP contribution in [0.1, 0.15) is 38.3 Å². The molecule has 0 fully saturated rings. The number of rotatable bonds is 13. The fourth-order valence-electron chi connectivity index (χ4n) is 2.99. The molecule has 0 saturated carbocycles. The molecule has 28 heavy (non-hydrogen) atoms. The Balaban J connectivity index is 1.86. The fraction of sp³-hybridized carbons (Fsp3) is 0.478. The van der Waals surface area contributed by atoms with Crippen LogP contribution < -0.4 is 14.8 Å². The van der Waals surface area contributed by atoms with Gasteiger partial charge < -0.3 is 19.7 Å². The molecule has 0 bridgehead atoms. The Hall–Kier alpha value is -1.75. The van der Waals surface area contributed by atoms with Gasteiger partial charge in [-0.3, -0.25) is 0 Å². The summed E-state index contributed by atoms with van der Waals surface area (Å²) in [5.41, 5.74) is 2.27. The van der Waals surface area contributed by atoms with Gasteiger partial charge in [0.05, 0.1) is 6.61 Å². The molecular formula is C23H33ClN2O2. The second kappa shape index (κ2) is 12.7. The highest BCUT2D eigenvalue weighted by Crippen LogP contribution is 2.29. The van der Waals surface area contributed by atoms with Gasteiger partial charge in [0.15, 0.2) is 11.5 Å². The Morgan fingerprint density at radius 3 is 2.29 bits per heavy atom. The Morgan fingerprint density at radius 2 is 1.61 bits per heavy atom. The van der Waals surface area contributed by atoms with Crippen molar-refractivity contribution in [3.8, 4) is 11.5 Å². The lowest BCUT2D eigenvalue weighted by molar-refractivity contribution is 0.269. The van der Waals surface area contributed by atoms with Crippen LogP contribution >= 0.6 is 11.6 Å². The molecule has 0 heterocycles. The van der Waals surface area contributed by atoms with E-state index in [0.717, 1.165) is 61.2 Å². The molecule has 2 aromatic rings. The summed E-state index contributed by atoms with van der Waals surface area (Å²) in [7, 11) is 0. The molecule has 0 aromatic heterocycles. The second-order valence-corrected chi connectivity index (χ2v) is 7.12. The molecule has 0 saturated heterocycles. The predicted octanol–water partition coefficient (Wildman–Crippen LogP) is 5.14. The minimum atomic E-state index is 0.486. The van der Waals surface area contributed by atoms with Gasteiger partial charge in [-0.2, -0.15) is 0 Å². The number of hydrogen-bond donors (Lipinski definition) is 1. The quantitative estimate of drug-likeness (QED) is 0.469. The van der Waals surface area contributed by atoms with Crippen LogP contribution in [0.4, 0.5) is 0 Å². The molecular weight excluding hydrogens is 372 g/mol. The Morgan fingerprint density at radius 1 is 0.893 bits per heavy atom. The third-order valence-electron chi connectivity index (χ3n) is 4.67. The van der Waals surface area contributed by atoms with E-state index in [1.165, 1.54) is 5.56 Å². The number of ether oxygens (including phenoxy) is 2. The van der Waals surface area contributed by atoms with Crippen molar-refractivity contribution in [3.63, 3.8) is 0 Å². The lowest BCUT2D eigenvalue weighted by atomic mass is 10.2. The molecule has 0 radical (unpaired) electrons. The Kier molecular flexibility index (Phi) is 10.2. The van der Waals surface area contributed by atoms with Crippen molar-refractivity contribution in [3.05, 3.63) is 58.6 Å². The zero-order valence-corrected chi connectivity index (χ0v) is 18.1. The zero-order valence-electron chi connectivity index (χ0n) is 17.3. The van der Waals surface area contributed by atoms with E-state index >= 15 is 0 Å². The van der Waals surface area contributed by atoms with Gasteiger partial charge in [-0.15, -0.1) is 0 Å². The van der Waals surface area contributed by atoms with Crippen molar-refractivity contribution in [2.24, 2.45) is 0 Å². The summed E-state index contributed by atoms with van der Waals surface area (Å²) >= 11 is 5.94. The fourth-order valence-corrected chi connectivity index (χ4v) is 3.12. The molecule has 0 aliphatic carbocycles. The molecule has 0 atom stereocenters. The van der Waals surface area contributed by atoms with Crippen molar-refractivity contribution >= 4 is 11.6 Å². The van der Waals surface area contributed by atoms with Crippen LogP contribution in [-0.4, -0.2) is 37.7 Å². The first-order valence-corrected chi connectivity index (χ1v) is 10.6. The normalized spacial score (nSPS) is 11.0. The number of nitrogens with zero attached hydrogens (tertiary/aromatic N) is 1. The van der Waals surface area contributed by atoms with E-state index in [-0.39, 0.29) is 0 Å². The Labute approximate surface area is 174 Å². The maximum Gasteiger partial charge on any atom is 0.161 e. The van der Waals surface area contributed by atoms with E-state index in [9.17, 15) is 0 Å². The number of hydrogen-bond acceptors (Lipinski definition) is 4. The maximum atomic E-state index is 5.97. The van der Waals surface area contributed by atoms with E-state index in [1.54, 1.807) is 0 Å². The first-order chi connectivity index (χ1) is 13.7. The van der Waals surface area contributed by atoms with E-state index in [0.29, 0.717) is 13.2 Å². The standard InChI is InChI=1S/C23H33ClN2O2/c1-4-26(5-2)15-7-14-25-17-20-10-13-22(23(16-20)27-6-3)28-18-19-8-11-21(24)12-9-19/h8-13,16,25H,4-7,14-15,17-18H2,1-3H3. The minimum absolute atomic E-state index is 0.486. The third kappa shape index (κ3) is 7.70. The average Bonchev–Trinajstić information content (AvgIpc) is 2.71. The van der Waals surface area contributed by atoms with Crippen molar-refractivity contribution in [1.82, 2.24) is 10.2 Å². The molecule has 5 heteroatoms. The van der Waals surface area contributed by atoms with Crippen molar-refractivity contribution < 1.29 is 9.47 Å². The highest BCUT2D eigenvalue weighted by Gasteiger charge is 2.07. The van der Waals surface area contributed by atoms with Crippen LogP contribution in [0.5, 0.6) is 11.5 Å². The first-order valence-electron chi connectivity index (χ1n) is 10.2. The number of nitrogens with one attached hydrogen (secondary N) is 1. The minimum Gasteiger partial charge on any atom is -0.490 e. The van der Waals surface area contributed by atoms with Crippen LogP contribution in [0, 0.1) is 0 Å². The van der Waals surface area contributed by atoms with Gasteiger partial charge >= 0.3 is 0 Å². The monoisotopic (exact) mass is 404 g/mol. The van der Waals surface area contributed by atoms with Gasteiger partial charge in [0.1, 0.15) is 6.61 Å². The average molecular weight is 405 g/mol. The number of benzene rings is 2. The summed E-state index contributed by atoms with van der Waals surface area (Å²) in [6.07, 6.45) is 1.16. The molecule has 1 N–H and O–H groups in total. The lowest BCUT2D eigenvalue weighted by Crippen LogP contribution is -2.27. The van der Waals surface area contributed by atoms with Gasteiger partial charge in [0.25, 0.3) is 0 Å². The summed E-state index contributed by atoms with van der Waals surface area (Å²) in [5, 5.41) is 4.25. The zero-order chi connectivity index (χ0) is 20.2. The molecule has 2 aromatic carbocycles. The van der Waals surface area contributed by atoms with Crippen molar-refractivity contribution in [1.29, 1.82) is 0 Å². The summed E-state index contributed by atoms with van der Waals surface area (Å²) in [6, 6.07) is 13.8. The molecule has 154 valence electrons. The van der Waals surface area contributed by atoms with Gasteiger partial charge in [0, 0.05) is 11.6 Å². The van der Waals surface area contributed by atoms with Gasteiger partial charge in [-0.25, -0.2) is 0 Å². The van der Waals surface area contributed by atoms with E-state index < -0.39 is 0 Å². The lowest BCUT2D eigenvalue weighted by Gasteiger charge is -2.18. The van der Waals surface area contributed by atoms with Gasteiger partial charge in [-0.05, 0) is 74.9 Å². The summed E-state index contributed by atoms with van der Waals surface area (Å²) < 4.78 is 11.8. The molecule has 4 nitrogen and oxygen atoms in total. The SMILES string of the molecule is CCOc1cc(CNCCCN(CC)CC)ccc1OCc1ccc(Cl)cc1. The second-order valence-electron chi connectivity index (χ2n) is 6.69. The summed E-state index contributed by atoms with van der Waals surface area (Å²) in [6.45, 7) is 12.7. The van der Waals surface area contributed by atoms with Crippen LogP contribution in [0.3, 0.4) is 0 Å². The van der Waals surface area contributed by atoms with Crippen LogP contribution in [0.15, 0.2) is 42.5 Å². The van der Waals surface area contributed by atoms with Gasteiger partial charge in [0.2, 0.25) is 0 Å². The molecule has 0 aliphatic rings. The van der Waals surface area contributed by atoms with E-state index in [2.05, 4.69) is 36.2 Å². The van der Waals surface area contributed by atoms with Crippen LogP contribution in [0.2, 0.25) is 5.02 Å². The van der Waals surface area contributed by atoms with Crippen molar-refractivity contribution in [2.45, 2.75) is 40.3 Å². The summed E-state index contributed by atoms with van der Waals surface area (Å²) in [5.74, 6) is 1.56. The highest BCUT2D eigenvalue weighted by molar-refractivity contribution is 6.30. The van der Waals surface area contributed by atoms with E-state index in [1.807, 2.05) is 37.3 Å². The largest absolute Gasteiger partial charge is 0.490 e. The summed E-state index contributed by atoms with van der Waals surface area (Å²) in [4.78, 5) is 2.45. The van der Waals surface area contributed by atoms with Crippen molar-refractivity contribution in [2.75, 3.05) is 32.8 Å². The highest BCUT2D eigenvalue weighted by atomic mass is 35.5. The third-order valence-corrected chi connectivity index (χ3v) is 4.92. The smallest absolute Gasteiger partial charge is 0.161 e. The van der Waals surface area contributed by atoms with E-state index in [4.69, 9.17) is 21.1 Å². The molecule has 0 unspecified atom stereocenters. The van der Waals surface area contributed by atoms with Crippen LogP contribution in [0.25, 0.3) is 0 Å².